The first kappa shape index (κ1) is 10.2. The van der Waals surface area contributed by atoms with Gasteiger partial charge >= 0.3 is 0 Å². The minimum absolute atomic E-state index is 0.538. The summed E-state index contributed by atoms with van der Waals surface area (Å²) in [5.41, 5.74) is 1.56. The summed E-state index contributed by atoms with van der Waals surface area (Å²) in [7, 11) is 1.85. The minimum Gasteiger partial charge on any atom is -0.265 e. The lowest BCUT2D eigenvalue weighted by Gasteiger charge is -1.93. The van der Waals surface area contributed by atoms with Crippen LogP contribution in [0, 0.1) is 0 Å². The Kier molecular flexibility index (Phi) is 1.93. The lowest BCUT2D eigenvalue weighted by molar-refractivity contribution is 0.653. The highest BCUT2D eigenvalue weighted by molar-refractivity contribution is 5.88. The topological polar surface area (TPSA) is 78.7 Å². The molecule has 0 spiro atoms. The van der Waals surface area contributed by atoms with Crippen LogP contribution in [0.3, 0.4) is 0 Å². The zero-order valence-corrected chi connectivity index (χ0v) is 10.2. The first-order valence-electron chi connectivity index (χ1n) is 5.80. The summed E-state index contributed by atoms with van der Waals surface area (Å²) >= 11 is 0. The molecule has 94 valence electrons. The second-order valence-electron chi connectivity index (χ2n) is 4.25. The molecule has 0 unspecified atom stereocenters. The molecule has 19 heavy (non-hydrogen) atoms. The van der Waals surface area contributed by atoms with Crippen molar-refractivity contribution >= 4 is 16.7 Å². The number of rotatable bonds is 2. The van der Waals surface area contributed by atoms with Gasteiger partial charge in [0.1, 0.15) is 12.9 Å². The molecule has 0 saturated carbocycles. The SMILES string of the molecule is Cn1ncc2c1ncn1nc(Cn3cccn3)nc21. The van der Waals surface area contributed by atoms with Crippen molar-refractivity contribution < 1.29 is 0 Å². The van der Waals surface area contributed by atoms with Crippen LogP contribution in [0.25, 0.3) is 16.7 Å². The lowest BCUT2D eigenvalue weighted by atomic mass is 10.4. The van der Waals surface area contributed by atoms with Crippen molar-refractivity contribution in [1.29, 1.82) is 0 Å². The standard InChI is InChI=1S/C11H10N8/c1-17-10-8(5-14-17)11-15-9(16-19(11)7-12-10)6-18-4-2-3-13-18/h2-5,7H,6H2,1H3. The van der Waals surface area contributed by atoms with Crippen LogP contribution >= 0.6 is 0 Å². The Morgan fingerprint density at radius 3 is 3.00 bits per heavy atom. The number of aromatic nitrogens is 8. The molecule has 8 heteroatoms. The van der Waals surface area contributed by atoms with Crippen LogP contribution in [0.1, 0.15) is 5.82 Å². The summed E-state index contributed by atoms with van der Waals surface area (Å²) in [6.07, 6.45) is 7.02. The van der Waals surface area contributed by atoms with Gasteiger partial charge in [-0.1, -0.05) is 0 Å². The van der Waals surface area contributed by atoms with Crippen molar-refractivity contribution in [3.05, 3.63) is 36.8 Å². The highest BCUT2D eigenvalue weighted by atomic mass is 15.4. The molecule has 0 fully saturated rings. The molecule has 4 aromatic heterocycles. The smallest absolute Gasteiger partial charge is 0.173 e. The van der Waals surface area contributed by atoms with E-state index in [1.807, 2.05) is 19.3 Å². The molecule has 0 aromatic carbocycles. The highest BCUT2D eigenvalue weighted by Crippen LogP contribution is 2.15. The maximum absolute atomic E-state index is 4.53. The van der Waals surface area contributed by atoms with E-state index in [0.717, 1.165) is 16.7 Å². The quantitative estimate of drug-likeness (QED) is 0.512. The van der Waals surface area contributed by atoms with Crippen LogP contribution in [-0.2, 0) is 13.6 Å². The third-order valence-corrected chi connectivity index (χ3v) is 2.98. The second-order valence-corrected chi connectivity index (χ2v) is 4.25. The van der Waals surface area contributed by atoms with Gasteiger partial charge in [-0.05, 0) is 6.07 Å². The second kappa shape index (κ2) is 3.61. The van der Waals surface area contributed by atoms with E-state index in [1.165, 1.54) is 0 Å². The zero-order chi connectivity index (χ0) is 12.8. The predicted octanol–water partition coefficient (Wildman–Crippen LogP) is 0.256. The first-order valence-corrected chi connectivity index (χ1v) is 5.80. The molecule has 0 aliphatic carbocycles. The van der Waals surface area contributed by atoms with Crippen LogP contribution in [0.4, 0.5) is 0 Å². The number of hydrogen-bond donors (Lipinski definition) is 0. The summed E-state index contributed by atoms with van der Waals surface area (Å²) in [6.45, 7) is 0.538. The number of nitrogens with zero attached hydrogens (tertiary/aromatic N) is 8. The number of aryl methyl sites for hydroxylation is 1. The van der Waals surface area contributed by atoms with E-state index in [2.05, 4.69) is 25.3 Å². The normalized spacial score (nSPS) is 11.6. The van der Waals surface area contributed by atoms with E-state index < -0.39 is 0 Å². The van der Waals surface area contributed by atoms with E-state index in [1.54, 1.807) is 32.6 Å². The van der Waals surface area contributed by atoms with Gasteiger partial charge in [-0.2, -0.15) is 10.2 Å². The Balaban J connectivity index is 1.88. The zero-order valence-electron chi connectivity index (χ0n) is 10.2. The van der Waals surface area contributed by atoms with Crippen LogP contribution in [0.15, 0.2) is 31.0 Å². The molecular formula is C11H10N8. The summed E-state index contributed by atoms with van der Waals surface area (Å²) in [5.74, 6) is 0.696. The van der Waals surface area contributed by atoms with E-state index >= 15 is 0 Å². The highest BCUT2D eigenvalue weighted by Gasteiger charge is 2.11. The molecule has 4 rings (SSSR count). The fourth-order valence-electron chi connectivity index (χ4n) is 2.09. The van der Waals surface area contributed by atoms with E-state index in [9.17, 15) is 0 Å². The lowest BCUT2D eigenvalue weighted by Crippen LogP contribution is -2.01. The van der Waals surface area contributed by atoms with Crippen LogP contribution in [0.2, 0.25) is 0 Å². The van der Waals surface area contributed by atoms with Crippen molar-refractivity contribution in [2.75, 3.05) is 0 Å². The largest absolute Gasteiger partial charge is 0.265 e. The van der Waals surface area contributed by atoms with Crippen molar-refractivity contribution in [2.24, 2.45) is 7.05 Å². The predicted molar refractivity (Wildman–Crippen MR) is 66.4 cm³/mol. The van der Waals surface area contributed by atoms with Crippen molar-refractivity contribution in [1.82, 2.24) is 39.1 Å². The Morgan fingerprint density at radius 1 is 1.21 bits per heavy atom. The van der Waals surface area contributed by atoms with Crippen LogP contribution < -0.4 is 0 Å². The van der Waals surface area contributed by atoms with Crippen molar-refractivity contribution in [3.63, 3.8) is 0 Å². The molecule has 0 saturated heterocycles. The van der Waals surface area contributed by atoms with Crippen LogP contribution in [-0.4, -0.2) is 39.1 Å². The first-order chi connectivity index (χ1) is 9.31. The van der Waals surface area contributed by atoms with Gasteiger partial charge < -0.3 is 0 Å². The van der Waals surface area contributed by atoms with Gasteiger partial charge in [-0.15, -0.1) is 5.10 Å². The van der Waals surface area contributed by atoms with E-state index in [0.29, 0.717) is 12.4 Å². The maximum atomic E-state index is 4.53. The Hall–Kier alpha value is -2.77. The molecular weight excluding hydrogens is 244 g/mol. The third kappa shape index (κ3) is 1.49. The van der Waals surface area contributed by atoms with Gasteiger partial charge in [0.05, 0.1) is 11.6 Å². The van der Waals surface area contributed by atoms with Gasteiger partial charge in [0.15, 0.2) is 17.1 Å². The van der Waals surface area contributed by atoms with Crippen molar-refractivity contribution in [3.8, 4) is 0 Å². The Labute approximate surface area is 107 Å². The summed E-state index contributed by atoms with van der Waals surface area (Å²) in [5, 5.41) is 13.6. The van der Waals surface area contributed by atoms with E-state index in [-0.39, 0.29) is 0 Å². The van der Waals surface area contributed by atoms with Gasteiger partial charge in [0.25, 0.3) is 0 Å². The maximum Gasteiger partial charge on any atom is 0.173 e. The average Bonchev–Trinajstić information content (AvgIpc) is 3.09. The molecule has 4 heterocycles. The molecule has 0 atom stereocenters. The average molecular weight is 254 g/mol. The van der Waals surface area contributed by atoms with Gasteiger partial charge in [-0.25, -0.2) is 14.5 Å². The van der Waals surface area contributed by atoms with Gasteiger partial charge in [0.2, 0.25) is 0 Å². The fourth-order valence-corrected chi connectivity index (χ4v) is 2.09. The van der Waals surface area contributed by atoms with Gasteiger partial charge in [0, 0.05) is 19.4 Å². The molecule has 0 amide bonds. The molecule has 0 N–H and O–H groups in total. The molecule has 0 aliphatic heterocycles. The molecule has 8 nitrogen and oxygen atoms in total. The molecule has 0 bridgehead atoms. The monoisotopic (exact) mass is 254 g/mol. The van der Waals surface area contributed by atoms with Gasteiger partial charge in [-0.3, -0.25) is 9.36 Å². The molecule has 0 aliphatic rings. The summed E-state index contributed by atoms with van der Waals surface area (Å²) < 4.78 is 5.17. The number of hydrogen-bond acceptors (Lipinski definition) is 5. The van der Waals surface area contributed by atoms with E-state index in [4.69, 9.17) is 0 Å². The van der Waals surface area contributed by atoms with Crippen LogP contribution in [0.5, 0.6) is 0 Å². The Bertz CT molecular complexity index is 854. The summed E-state index contributed by atoms with van der Waals surface area (Å²) in [4.78, 5) is 8.84. The molecule has 4 aromatic rings. The molecule has 0 radical (unpaired) electrons. The third-order valence-electron chi connectivity index (χ3n) is 2.98. The minimum atomic E-state index is 0.538. The number of fused-ring (bicyclic) bond motifs is 3. The fraction of sp³-hybridized carbons (Fsp3) is 0.182. The Morgan fingerprint density at radius 2 is 2.16 bits per heavy atom. The summed E-state index contributed by atoms with van der Waals surface area (Å²) in [6, 6.07) is 1.87. The van der Waals surface area contributed by atoms with Crippen molar-refractivity contribution in [2.45, 2.75) is 6.54 Å².